The van der Waals surface area contributed by atoms with Crippen molar-refractivity contribution in [3.8, 4) is 0 Å². The molecule has 0 unspecified atom stereocenters. The van der Waals surface area contributed by atoms with Crippen LogP contribution in [-0.2, 0) is 4.74 Å². The fraction of sp³-hybridized carbons (Fsp3) is 0.357. The van der Waals surface area contributed by atoms with Crippen LogP contribution in [0.15, 0.2) is 24.9 Å². The molecule has 10 nitrogen and oxygen atoms in total. The van der Waals surface area contributed by atoms with Crippen LogP contribution in [0, 0.1) is 0 Å². The lowest BCUT2D eigenvalue weighted by Crippen LogP contribution is -2.33. The first-order valence-electron chi connectivity index (χ1n) is 7.27. The molecule has 4 heterocycles. The Hall–Kier alpha value is -2.53. The smallest absolute Gasteiger partial charge is 0.251 e. The normalized spacial score (nSPS) is 27.3. The quantitative estimate of drug-likeness (QED) is 0.451. The number of ether oxygens (including phenoxy) is 1. The average Bonchev–Trinajstić information content (AvgIpc) is 3.24. The van der Waals surface area contributed by atoms with E-state index in [4.69, 9.17) is 10.5 Å². The number of rotatable bonds is 3. The van der Waals surface area contributed by atoms with Crippen molar-refractivity contribution in [3.63, 3.8) is 0 Å². The van der Waals surface area contributed by atoms with Crippen molar-refractivity contribution >= 4 is 22.6 Å². The second-order valence-corrected chi connectivity index (χ2v) is 5.64. The number of carbonyl (C=O) groups excluding carboxylic acids is 1. The summed E-state index contributed by atoms with van der Waals surface area (Å²) in [5.74, 6) is -0.677. The van der Waals surface area contributed by atoms with Crippen LogP contribution in [0.4, 0.5) is 0 Å². The van der Waals surface area contributed by atoms with Gasteiger partial charge in [0.05, 0.1) is 17.6 Å². The van der Waals surface area contributed by atoms with Gasteiger partial charge in [-0.05, 0) is 0 Å². The molecule has 0 aliphatic carbocycles. The lowest BCUT2D eigenvalue weighted by Gasteiger charge is -2.17. The van der Waals surface area contributed by atoms with Gasteiger partial charge in [-0.1, -0.05) is 0 Å². The average molecular weight is 333 g/mol. The van der Waals surface area contributed by atoms with Crippen molar-refractivity contribution in [2.45, 2.75) is 24.5 Å². The number of aromatic nitrogens is 4. The second kappa shape index (κ2) is 5.24. The van der Waals surface area contributed by atoms with Gasteiger partial charge in [0.1, 0.15) is 35.9 Å². The number of aliphatic hydroxyl groups is 3. The summed E-state index contributed by atoms with van der Waals surface area (Å²) in [6.45, 7) is -0.450. The van der Waals surface area contributed by atoms with E-state index in [1.165, 1.54) is 17.1 Å². The SMILES string of the molecule is NC(=O)c1cn([C@@H]2O[C@@H](CO)[C@@H](O)[C@H]2O)c2ncn3ccnc3c12. The zero-order valence-corrected chi connectivity index (χ0v) is 12.4. The van der Waals surface area contributed by atoms with Crippen molar-refractivity contribution in [3.05, 3.63) is 30.5 Å². The van der Waals surface area contributed by atoms with Crippen LogP contribution in [-0.4, -0.2) is 65.1 Å². The van der Waals surface area contributed by atoms with Crippen LogP contribution < -0.4 is 5.73 Å². The highest BCUT2D eigenvalue weighted by Gasteiger charge is 2.44. The summed E-state index contributed by atoms with van der Waals surface area (Å²) in [7, 11) is 0. The Morgan fingerprint density at radius 2 is 2.08 bits per heavy atom. The molecule has 24 heavy (non-hydrogen) atoms. The molecule has 10 heteroatoms. The number of imidazole rings is 1. The maximum Gasteiger partial charge on any atom is 0.251 e. The van der Waals surface area contributed by atoms with E-state index < -0.39 is 37.1 Å². The van der Waals surface area contributed by atoms with E-state index in [0.717, 1.165) is 0 Å². The lowest BCUT2D eigenvalue weighted by atomic mass is 10.1. The third-order valence-electron chi connectivity index (χ3n) is 4.26. The Labute approximate surface area is 134 Å². The van der Waals surface area contributed by atoms with E-state index in [1.54, 1.807) is 16.8 Å². The third kappa shape index (κ3) is 1.94. The molecule has 4 rings (SSSR count). The number of amides is 1. The molecule has 3 aromatic rings. The van der Waals surface area contributed by atoms with Gasteiger partial charge in [0.15, 0.2) is 6.23 Å². The number of primary amides is 1. The van der Waals surface area contributed by atoms with Crippen molar-refractivity contribution in [2.75, 3.05) is 6.61 Å². The maximum absolute atomic E-state index is 11.8. The molecule has 1 fully saturated rings. The molecule has 0 saturated carbocycles. The highest BCUT2D eigenvalue weighted by atomic mass is 16.6. The predicted octanol–water partition coefficient (Wildman–Crippen LogP) is -1.61. The molecule has 0 spiro atoms. The van der Waals surface area contributed by atoms with Gasteiger partial charge in [-0.15, -0.1) is 0 Å². The Kier molecular flexibility index (Phi) is 3.28. The number of fused-ring (bicyclic) bond motifs is 3. The van der Waals surface area contributed by atoms with Crippen molar-refractivity contribution < 1.29 is 24.9 Å². The fourth-order valence-corrected chi connectivity index (χ4v) is 3.07. The molecule has 1 saturated heterocycles. The van der Waals surface area contributed by atoms with Gasteiger partial charge in [-0.25, -0.2) is 9.97 Å². The number of aliphatic hydroxyl groups excluding tert-OH is 3. The van der Waals surface area contributed by atoms with Gasteiger partial charge >= 0.3 is 0 Å². The van der Waals surface area contributed by atoms with E-state index >= 15 is 0 Å². The van der Waals surface area contributed by atoms with E-state index in [1.807, 2.05) is 0 Å². The summed E-state index contributed by atoms with van der Waals surface area (Å²) in [4.78, 5) is 20.3. The number of hydrogen-bond acceptors (Lipinski definition) is 7. The van der Waals surface area contributed by atoms with Crippen molar-refractivity contribution in [1.29, 1.82) is 0 Å². The van der Waals surface area contributed by atoms with Gasteiger partial charge in [0.2, 0.25) is 0 Å². The molecule has 1 aliphatic heterocycles. The van der Waals surface area contributed by atoms with E-state index in [2.05, 4.69) is 9.97 Å². The van der Waals surface area contributed by atoms with Crippen LogP contribution in [0.2, 0.25) is 0 Å². The fourth-order valence-electron chi connectivity index (χ4n) is 3.07. The predicted molar refractivity (Wildman–Crippen MR) is 80.0 cm³/mol. The molecule has 126 valence electrons. The zero-order valence-electron chi connectivity index (χ0n) is 12.4. The topological polar surface area (TPSA) is 148 Å². The largest absolute Gasteiger partial charge is 0.394 e. The molecule has 0 radical (unpaired) electrons. The Balaban J connectivity index is 1.95. The van der Waals surface area contributed by atoms with Gasteiger partial charge < -0.3 is 30.4 Å². The van der Waals surface area contributed by atoms with Crippen molar-refractivity contribution in [2.24, 2.45) is 5.73 Å². The summed E-state index contributed by atoms with van der Waals surface area (Å²) in [6.07, 6.45) is 1.65. The van der Waals surface area contributed by atoms with Crippen LogP contribution >= 0.6 is 0 Å². The van der Waals surface area contributed by atoms with Gasteiger partial charge in [0, 0.05) is 18.6 Å². The first-order valence-corrected chi connectivity index (χ1v) is 7.27. The summed E-state index contributed by atoms with van der Waals surface area (Å²) in [5.41, 5.74) is 6.45. The molecule has 3 aromatic heterocycles. The highest BCUT2D eigenvalue weighted by molar-refractivity contribution is 6.10. The molecular weight excluding hydrogens is 318 g/mol. The Morgan fingerprint density at radius 1 is 1.29 bits per heavy atom. The van der Waals surface area contributed by atoms with Crippen LogP contribution in [0.1, 0.15) is 16.6 Å². The van der Waals surface area contributed by atoms with Crippen molar-refractivity contribution in [1.82, 2.24) is 18.9 Å². The molecule has 1 amide bonds. The third-order valence-corrected chi connectivity index (χ3v) is 4.26. The van der Waals surface area contributed by atoms with Gasteiger partial charge in [-0.3, -0.25) is 9.20 Å². The van der Waals surface area contributed by atoms with Gasteiger partial charge in [-0.2, -0.15) is 0 Å². The van der Waals surface area contributed by atoms with Crippen LogP contribution in [0.25, 0.3) is 16.7 Å². The number of nitrogens with zero attached hydrogens (tertiary/aromatic N) is 4. The monoisotopic (exact) mass is 333 g/mol. The van der Waals surface area contributed by atoms with E-state index in [-0.39, 0.29) is 5.56 Å². The lowest BCUT2D eigenvalue weighted by molar-refractivity contribution is -0.0508. The van der Waals surface area contributed by atoms with E-state index in [9.17, 15) is 20.1 Å². The number of carbonyl (C=O) groups is 1. The van der Waals surface area contributed by atoms with Crippen LogP contribution in [0.5, 0.6) is 0 Å². The van der Waals surface area contributed by atoms with Crippen LogP contribution in [0.3, 0.4) is 0 Å². The minimum Gasteiger partial charge on any atom is -0.394 e. The first kappa shape index (κ1) is 15.0. The minimum atomic E-state index is -1.30. The summed E-state index contributed by atoms with van der Waals surface area (Å²) < 4.78 is 8.57. The summed E-state index contributed by atoms with van der Waals surface area (Å²) in [5, 5.41) is 29.8. The highest BCUT2D eigenvalue weighted by Crippen LogP contribution is 2.34. The molecular formula is C14H15N5O5. The van der Waals surface area contributed by atoms with E-state index in [0.29, 0.717) is 16.7 Å². The molecule has 0 bridgehead atoms. The Bertz CT molecular complexity index is 934. The molecule has 0 aromatic carbocycles. The first-order chi connectivity index (χ1) is 11.5. The standard InChI is InChI=1S/C14H15N5O5/c15-11(23)6-3-19(14-10(22)9(21)7(4-20)24-14)13-8(6)12-16-1-2-18(12)5-17-13/h1-3,5,7,9-10,14,20-22H,4H2,(H2,15,23)/t7-,9+,10+,14+/m0/s1. The molecule has 5 N–H and O–H groups in total. The number of nitrogens with two attached hydrogens (primary N) is 1. The Morgan fingerprint density at radius 3 is 2.75 bits per heavy atom. The summed E-state index contributed by atoms with van der Waals surface area (Å²) >= 11 is 0. The zero-order chi connectivity index (χ0) is 17.0. The minimum absolute atomic E-state index is 0.173. The second-order valence-electron chi connectivity index (χ2n) is 5.64. The summed E-state index contributed by atoms with van der Waals surface area (Å²) in [6, 6.07) is 0. The van der Waals surface area contributed by atoms with Gasteiger partial charge in [0.25, 0.3) is 5.91 Å². The molecule has 1 aliphatic rings. The maximum atomic E-state index is 11.8. The number of hydrogen-bond donors (Lipinski definition) is 4. The molecule has 4 atom stereocenters.